The van der Waals surface area contributed by atoms with Gasteiger partial charge in [0.15, 0.2) is 0 Å². The number of carbonyl (C=O) groups is 1. The monoisotopic (exact) mass is 308 g/mol. The van der Waals surface area contributed by atoms with E-state index in [0.29, 0.717) is 13.1 Å². The van der Waals surface area contributed by atoms with Crippen LogP contribution in [0.1, 0.15) is 28.8 Å². The third-order valence-electron chi connectivity index (χ3n) is 3.20. The average molecular weight is 309 g/mol. The Balaban J connectivity index is 0.00000200. The van der Waals surface area contributed by atoms with E-state index in [2.05, 4.69) is 0 Å². The summed E-state index contributed by atoms with van der Waals surface area (Å²) in [6.07, 6.45) is -2.68. The Morgan fingerprint density at radius 1 is 1.25 bits per heavy atom. The lowest BCUT2D eigenvalue weighted by atomic mass is 10.0. The molecular weight excluding hydrogens is 293 g/mol. The first-order valence-electron chi connectivity index (χ1n) is 6.10. The Hall–Kier alpha value is -1.27. The molecule has 112 valence electrons. The molecule has 1 heterocycles. The van der Waals surface area contributed by atoms with E-state index in [9.17, 15) is 18.0 Å². The molecule has 1 fully saturated rings. The minimum Gasteiger partial charge on any atom is -0.337 e. The zero-order valence-corrected chi connectivity index (χ0v) is 11.5. The summed E-state index contributed by atoms with van der Waals surface area (Å²) in [5.41, 5.74) is 5.29. The van der Waals surface area contributed by atoms with Crippen LogP contribution in [0.15, 0.2) is 24.3 Å². The second-order valence-electron chi connectivity index (χ2n) is 4.73. The second-order valence-corrected chi connectivity index (χ2v) is 4.73. The van der Waals surface area contributed by atoms with Gasteiger partial charge in [-0.1, -0.05) is 0 Å². The zero-order valence-electron chi connectivity index (χ0n) is 10.7. The van der Waals surface area contributed by atoms with Gasteiger partial charge in [-0.15, -0.1) is 12.4 Å². The summed E-state index contributed by atoms with van der Waals surface area (Å²) in [5, 5.41) is 0. The van der Waals surface area contributed by atoms with Crippen LogP contribution in [0, 0.1) is 0 Å². The fourth-order valence-electron chi connectivity index (χ4n) is 2.18. The molecule has 1 atom stereocenters. The molecule has 0 spiro atoms. The van der Waals surface area contributed by atoms with Crippen LogP contribution in [0.4, 0.5) is 13.2 Å². The molecule has 1 aromatic rings. The van der Waals surface area contributed by atoms with Crippen molar-refractivity contribution in [3.05, 3.63) is 35.4 Å². The quantitative estimate of drug-likeness (QED) is 0.867. The molecule has 0 aromatic heterocycles. The van der Waals surface area contributed by atoms with Crippen LogP contribution < -0.4 is 5.73 Å². The van der Waals surface area contributed by atoms with E-state index in [-0.39, 0.29) is 29.9 Å². The van der Waals surface area contributed by atoms with Crippen molar-refractivity contribution in [2.24, 2.45) is 5.73 Å². The minimum absolute atomic E-state index is 0. The molecule has 0 radical (unpaired) electrons. The van der Waals surface area contributed by atoms with E-state index in [0.717, 1.165) is 25.0 Å². The normalized spacial score (nSPS) is 19.4. The number of amides is 1. The first kappa shape index (κ1) is 16.8. The van der Waals surface area contributed by atoms with Crippen LogP contribution in [0.2, 0.25) is 0 Å². The standard InChI is InChI=1S/C13H15F3N2O.ClH/c14-13(15,16)10-5-3-9(4-6-10)12(19)18-7-1-2-11(17)8-18;/h3-6,11H,1-2,7-8,17H2;1H/t11-;/m1./s1. The number of benzene rings is 1. The van der Waals surface area contributed by atoms with E-state index < -0.39 is 11.7 Å². The first-order chi connectivity index (χ1) is 8.88. The number of nitrogens with two attached hydrogens (primary N) is 1. The van der Waals surface area contributed by atoms with Gasteiger partial charge >= 0.3 is 6.18 Å². The van der Waals surface area contributed by atoms with Gasteiger partial charge in [0.2, 0.25) is 0 Å². The average Bonchev–Trinajstić information content (AvgIpc) is 2.37. The molecule has 0 unspecified atom stereocenters. The molecule has 0 bridgehead atoms. The molecule has 1 aliphatic rings. The van der Waals surface area contributed by atoms with Gasteiger partial charge in [0.05, 0.1) is 5.56 Å². The van der Waals surface area contributed by atoms with Crippen molar-refractivity contribution >= 4 is 18.3 Å². The summed E-state index contributed by atoms with van der Waals surface area (Å²) < 4.78 is 37.2. The van der Waals surface area contributed by atoms with Crippen LogP contribution in [-0.4, -0.2) is 29.9 Å². The van der Waals surface area contributed by atoms with Crippen LogP contribution in [0.3, 0.4) is 0 Å². The van der Waals surface area contributed by atoms with Crippen LogP contribution in [0.25, 0.3) is 0 Å². The Kier molecular flexibility index (Phi) is 5.42. The van der Waals surface area contributed by atoms with Gasteiger partial charge in [0, 0.05) is 24.7 Å². The van der Waals surface area contributed by atoms with E-state index in [4.69, 9.17) is 5.73 Å². The van der Waals surface area contributed by atoms with E-state index in [1.165, 1.54) is 12.1 Å². The highest BCUT2D eigenvalue weighted by Crippen LogP contribution is 2.29. The third-order valence-corrected chi connectivity index (χ3v) is 3.20. The Morgan fingerprint density at radius 2 is 1.85 bits per heavy atom. The van der Waals surface area contributed by atoms with Crippen LogP contribution in [-0.2, 0) is 6.18 Å². The van der Waals surface area contributed by atoms with Crippen molar-refractivity contribution in [3.8, 4) is 0 Å². The zero-order chi connectivity index (χ0) is 14.0. The van der Waals surface area contributed by atoms with Crippen LogP contribution in [0.5, 0.6) is 0 Å². The Morgan fingerprint density at radius 3 is 2.35 bits per heavy atom. The van der Waals surface area contributed by atoms with Crippen molar-refractivity contribution in [3.63, 3.8) is 0 Å². The number of alkyl halides is 3. The van der Waals surface area contributed by atoms with E-state index in [1.54, 1.807) is 4.90 Å². The van der Waals surface area contributed by atoms with Crippen molar-refractivity contribution in [1.82, 2.24) is 4.90 Å². The molecule has 2 N–H and O–H groups in total. The number of likely N-dealkylation sites (tertiary alicyclic amines) is 1. The first-order valence-corrected chi connectivity index (χ1v) is 6.10. The molecule has 1 aliphatic heterocycles. The maximum absolute atomic E-state index is 12.4. The molecule has 1 saturated heterocycles. The highest BCUT2D eigenvalue weighted by Gasteiger charge is 2.30. The summed E-state index contributed by atoms with van der Waals surface area (Å²) in [4.78, 5) is 13.7. The van der Waals surface area contributed by atoms with Gasteiger partial charge in [-0.05, 0) is 37.1 Å². The number of rotatable bonds is 1. The number of nitrogens with zero attached hydrogens (tertiary/aromatic N) is 1. The highest BCUT2D eigenvalue weighted by atomic mass is 35.5. The third kappa shape index (κ3) is 3.86. The van der Waals surface area contributed by atoms with Gasteiger partial charge in [-0.2, -0.15) is 13.2 Å². The number of piperidine rings is 1. The predicted molar refractivity (Wildman–Crippen MR) is 71.8 cm³/mol. The molecule has 2 rings (SSSR count). The largest absolute Gasteiger partial charge is 0.416 e. The lowest BCUT2D eigenvalue weighted by Crippen LogP contribution is -2.45. The Labute approximate surface area is 121 Å². The molecule has 0 saturated carbocycles. The van der Waals surface area contributed by atoms with Crippen molar-refractivity contribution in [2.75, 3.05) is 13.1 Å². The fraction of sp³-hybridized carbons (Fsp3) is 0.462. The summed E-state index contributed by atoms with van der Waals surface area (Å²) >= 11 is 0. The predicted octanol–water partition coefficient (Wildman–Crippen LogP) is 2.69. The molecule has 3 nitrogen and oxygen atoms in total. The number of carbonyl (C=O) groups excluding carboxylic acids is 1. The maximum atomic E-state index is 12.4. The fourth-order valence-corrected chi connectivity index (χ4v) is 2.18. The Bertz CT molecular complexity index is 462. The van der Waals surface area contributed by atoms with E-state index >= 15 is 0 Å². The number of hydrogen-bond acceptors (Lipinski definition) is 2. The minimum atomic E-state index is -4.38. The summed E-state index contributed by atoms with van der Waals surface area (Å²) in [6.45, 7) is 1.06. The van der Waals surface area contributed by atoms with Gasteiger partial charge in [-0.25, -0.2) is 0 Å². The van der Waals surface area contributed by atoms with Gasteiger partial charge in [0.25, 0.3) is 5.91 Å². The molecule has 1 amide bonds. The smallest absolute Gasteiger partial charge is 0.337 e. The van der Waals surface area contributed by atoms with Crippen molar-refractivity contribution < 1.29 is 18.0 Å². The SMILES string of the molecule is Cl.N[C@@H]1CCCN(C(=O)c2ccc(C(F)(F)F)cc2)C1. The molecule has 20 heavy (non-hydrogen) atoms. The van der Waals surface area contributed by atoms with Crippen LogP contribution >= 0.6 is 12.4 Å². The summed E-state index contributed by atoms with van der Waals surface area (Å²) in [6, 6.07) is 4.23. The molecular formula is C13H16ClF3N2O. The van der Waals surface area contributed by atoms with Crippen molar-refractivity contribution in [2.45, 2.75) is 25.1 Å². The van der Waals surface area contributed by atoms with E-state index in [1.807, 2.05) is 0 Å². The second kappa shape index (κ2) is 6.45. The molecule has 7 heteroatoms. The molecule has 0 aliphatic carbocycles. The molecule has 1 aromatic carbocycles. The lowest BCUT2D eigenvalue weighted by molar-refractivity contribution is -0.137. The van der Waals surface area contributed by atoms with Crippen molar-refractivity contribution in [1.29, 1.82) is 0 Å². The highest BCUT2D eigenvalue weighted by molar-refractivity contribution is 5.94. The summed E-state index contributed by atoms with van der Waals surface area (Å²) in [7, 11) is 0. The maximum Gasteiger partial charge on any atom is 0.416 e. The van der Waals surface area contributed by atoms with Gasteiger partial charge < -0.3 is 10.6 Å². The van der Waals surface area contributed by atoms with Gasteiger partial charge in [-0.3, -0.25) is 4.79 Å². The summed E-state index contributed by atoms with van der Waals surface area (Å²) in [5.74, 6) is -0.260. The lowest BCUT2D eigenvalue weighted by Gasteiger charge is -2.30. The topological polar surface area (TPSA) is 46.3 Å². The van der Waals surface area contributed by atoms with Gasteiger partial charge in [0.1, 0.15) is 0 Å². The number of halogens is 4. The number of hydrogen-bond donors (Lipinski definition) is 1.